The van der Waals surface area contributed by atoms with Crippen molar-refractivity contribution in [1.29, 1.82) is 0 Å². The average molecular weight is 445 g/mol. The second-order valence-corrected chi connectivity index (χ2v) is 9.20. The maximum atomic E-state index is 11.7. The van der Waals surface area contributed by atoms with Crippen LogP contribution in [0.4, 0.5) is 0 Å². The summed E-state index contributed by atoms with van der Waals surface area (Å²) in [5.41, 5.74) is 8.27. The van der Waals surface area contributed by atoms with Gasteiger partial charge in [0.25, 0.3) is 0 Å². The number of fused-ring (bicyclic) bond motifs is 2. The van der Waals surface area contributed by atoms with Crippen molar-refractivity contribution in [2.24, 2.45) is 0 Å². The summed E-state index contributed by atoms with van der Waals surface area (Å²) in [6.45, 7) is 8.67. The van der Waals surface area contributed by atoms with Gasteiger partial charge in [0.05, 0.1) is 12.2 Å². The van der Waals surface area contributed by atoms with Crippen molar-refractivity contribution < 1.29 is 4.79 Å². The lowest BCUT2D eigenvalue weighted by Gasteiger charge is -2.31. The van der Waals surface area contributed by atoms with Crippen LogP contribution in [0.25, 0.3) is 27.8 Å². The maximum Gasteiger partial charge on any atom is 0.233 e. The Morgan fingerprint density at radius 3 is 2.73 bits per heavy atom. The van der Waals surface area contributed by atoms with Gasteiger partial charge in [-0.25, -0.2) is 9.50 Å². The summed E-state index contributed by atoms with van der Waals surface area (Å²) >= 11 is 0. The predicted octanol–water partition coefficient (Wildman–Crippen LogP) is 3.98. The van der Waals surface area contributed by atoms with E-state index in [1.54, 1.807) is 7.05 Å². The molecule has 3 aromatic heterocycles. The monoisotopic (exact) mass is 444 g/mol. The molecule has 7 nitrogen and oxygen atoms in total. The van der Waals surface area contributed by atoms with E-state index in [1.165, 1.54) is 27.7 Å². The van der Waals surface area contributed by atoms with Gasteiger partial charge in [0.1, 0.15) is 5.82 Å². The van der Waals surface area contributed by atoms with Crippen LogP contribution in [0.15, 0.2) is 30.5 Å². The molecule has 0 spiro atoms. The Balaban J connectivity index is 1.46. The average Bonchev–Trinajstić information content (AvgIpc) is 3.38. The Kier molecular flexibility index (Phi) is 5.66. The molecule has 0 saturated carbocycles. The Hall–Kier alpha value is -3.19. The predicted molar refractivity (Wildman–Crippen MR) is 132 cm³/mol. The van der Waals surface area contributed by atoms with Crippen LogP contribution < -0.4 is 5.32 Å². The van der Waals surface area contributed by atoms with Crippen molar-refractivity contribution >= 4 is 22.5 Å². The SMILES string of the molecule is CCc1c(-c2cc(C)c3nc(C)nn3c2)[nH]c2ccc(C3CCN(CC(=O)NC)CC3)cc12. The molecule has 1 fully saturated rings. The summed E-state index contributed by atoms with van der Waals surface area (Å²) in [7, 11) is 1.70. The molecule has 0 atom stereocenters. The lowest BCUT2D eigenvalue weighted by molar-refractivity contribution is -0.122. The zero-order valence-electron chi connectivity index (χ0n) is 19.9. The van der Waals surface area contributed by atoms with E-state index in [4.69, 9.17) is 0 Å². The van der Waals surface area contributed by atoms with Crippen molar-refractivity contribution in [3.05, 3.63) is 53.0 Å². The van der Waals surface area contributed by atoms with E-state index in [9.17, 15) is 4.79 Å². The first-order chi connectivity index (χ1) is 16.0. The van der Waals surface area contributed by atoms with Gasteiger partial charge in [0.15, 0.2) is 5.65 Å². The normalized spacial score (nSPS) is 15.5. The smallest absolute Gasteiger partial charge is 0.233 e. The van der Waals surface area contributed by atoms with Gasteiger partial charge in [-0.05, 0) is 87.0 Å². The second-order valence-electron chi connectivity index (χ2n) is 9.20. The summed E-state index contributed by atoms with van der Waals surface area (Å²) in [5, 5.41) is 8.57. The number of nitrogens with one attached hydrogen (secondary N) is 2. The molecule has 2 N–H and O–H groups in total. The fourth-order valence-corrected chi connectivity index (χ4v) is 5.23. The number of nitrogens with zero attached hydrogens (tertiary/aromatic N) is 4. The number of rotatable bonds is 5. The van der Waals surface area contributed by atoms with Gasteiger partial charge in [-0.2, -0.15) is 5.10 Å². The highest BCUT2D eigenvalue weighted by atomic mass is 16.1. The molecule has 5 rings (SSSR count). The highest BCUT2D eigenvalue weighted by Gasteiger charge is 2.23. The Labute approximate surface area is 194 Å². The van der Waals surface area contributed by atoms with Crippen LogP contribution in [0.5, 0.6) is 0 Å². The van der Waals surface area contributed by atoms with Gasteiger partial charge in [-0.1, -0.05) is 13.0 Å². The molecule has 1 aromatic carbocycles. The van der Waals surface area contributed by atoms with Gasteiger partial charge in [0.2, 0.25) is 5.91 Å². The minimum atomic E-state index is 0.0942. The molecular formula is C26H32N6O. The zero-order chi connectivity index (χ0) is 23.1. The van der Waals surface area contributed by atoms with E-state index >= 15 is 0 Å². The van der Waals surface area contributed by atoms with Crippen molar-refractivity contribution in [2.75, 3.05) is 26.7 Å². The summed E-state index contributed by atoms with van der Waals surface area (Å²) in [6, 6.07) is 9.10. The first-order valence-corrected chi connectivity index (χ1v) is 11.9. The van der Waals surface area contributed by atoms with Crippen molar-refractivity contribution in [3.63, 3.8) is 0 Å². The molecule has 4 aromatic rings. The number of pyridine rings is 1. The number of amides is 1. The Morgan fingerprint density at radius 1 is 1.21 bits per heavy atom. The summed E-state index contributed by atoms with van der Waals surface area (Å²) < 4.78 is 1.89. The fourth-order valence-electron chi connectivity index (χ4n) is 5.23. The minimum Gasteiger partial charge on any atom is -0.358 e. The lowest BCUT2D eigenvalue weighted by atomic mass is 9.88. The number of carbonyl (C=O) groups is 1. The Bertz CT molecular complexity index is 1330. The number of H-pyrrole nitrogens is 1. The highest BCUT2D eigenvalue weighted by Crippen LogP contribution is 2.35. The number of likely N-dealkylation sites (N-methyl/N-ethyl adjacent to an activating group) is 1. The van der Waals surface area contributed by atoms with E-state index in [0.29, 0.717) is 12.5 Å². The van der Waals surface area contributed by atoms with Gasteiger partial charge >= 0.3 is 0 Å². The standard InChI is InChI=1S/C26H32N6O/c1-5-21-22-13-19(18-8-10-31(11-9-18)15-24(33)27-4)6-7-23(22)29-25(21)20-12-16(2)26-28-17(3)30-32(26)14-20/h6-7,12-14,18,29H,5,8-11,15H2,1-4H3,(H,27,33). The number of benzene rings is 1. The van der Waals surface area contributed by atoms with Gasteiger partial charge < -0.3 is 10.3 Å². The maximum absolute atomic E-state index is 11.7. The van der Waals surface area contributed by atoms with Crippen LogP contribution in [0, 0.1) is 13.8 Å². The van der Waals surface area contributed by atoms with Crippen LogP contribution >= 0.6 is 0 Å². The number of piperidine rings is 1. The first kappa shape index (κ1) is 21.6. The number of likely N-dealkylation sites (tertiary alicyclic amines) is 1. The van der Waals surface area contributed by atoms with E-state index in [-0.39, 0.29) is 5.91 Å². The van der Waals surface area contributed by atoms with Gasteiger partial charge in [0, 0.05) is 29.7 Å². The molecule has 33 heavy (non-hydrogen) atoms. The molecule has 7 heteroatoms. The third-order valence-electron chi connectivity index (χ3n) is 7.00. The molecule has 1 saturated heterocycles. The highest BCUT2D eigenvalue weighted by molar-refractivity contribution is 5.91. The molecule has 1 aliphatic heterocycles. The van der Waals surface area contributed by atoms with Crippen molar-refractivity contribution in [2.45, 2.75) is 46.0 Å². The van der Waals surface area contributed by atoms with Crippen LogP contribution in [0.3, 0.4) is 0 Å². The van der Waals surface area contributed by atoms with Crippen molar-refractivity contribution in [1.82, 2.24) is 29.8 Å². The third kappa shape index (κ3) is 4.02. The quantitative estimate of drug-likeness (QED) is 0.488. The fraction of sp³-hybridized carbons (Fsp3) is 0.423. The van der Waals surface area contributed by atoms with Crippen LogP contribution in [-0.2, 0) is 11.2 Å². The number of aromatic nitrogens is 4. The minimum absolute atomic E-state index is 0.0942. The van der Waals surface area contributed by atoms with Crippen LogP contribution in [-0.4, -0.2) is 57.1 Å². The largest absolute Gasteiger partial charge is 0.358 e. The molecule has 4 heterocycles. The topological polar surface area (TPSA) is 78.3 Å². The molecule has 1 amide bonds. The Morgan fingerprint density at radius 2 is 2.00 bits per heavy atom. The van der Waals surface area contributed by atoms with E-state index in [1.807, 2.05) is 11.4 Å². The number of hydrogen-bond donors (Lipinski definition) is 2. The third-order valence-corrected chi connectivity index (χ3v) is 7.00. The van der Waals surface area contributed by atoms with E-state index < -0.39 is 0 Å². The van der Waals surface area contributed by atoms with E-state index in [0.717, 1.165) is 55.0 Å². The second kappa shape index (κ2) is 8.63. The molecule has 172 valence electrons. The summed E-state index contributed by atoms with van der Waals surface area (Å²) in [5.74, 6) is 1.42. The van der Waals surface area contributed by atoms with Crippen molar-refractivity contribution in [3.8, 4) is 11.3 Å². The first-order valence-electron chi connectivity index (χ1n) is 11.9. The number of aryl methyl sites for hydroxylation is 3. The summed E-state index contributed by atoms with van der Waals surface area (Å²) in [6.07, 6.45) is 5.21. The molecule has 0 aliphatic carbocycles. The van der Waals surface area contributed by atoms with Gasteiger partial charge in [-0.3, -0.25) is 9.69 Å². The zero-order valence-corrected chi connectivity index (χ0v) is 19.9. The molecular weight excluding hydrogens is 412 g/mol. The van der Waals surface area contributed by atoms with Crippen LogP contribution in [0.1, 0.15) is 48.2 Å². The van der Waals surface area contributed by atoms with E-state index in [2.05, 4.69) is 69.6 Å². The van der Waals surface area contributed by atoms with Gasteiger partial charge in [-0.15, -0.1) is 0 Å². The molecule has 0 bridgehead atoms. The molecule has 0 unspecified atom stereocenters. The molecule has 0 radical (unpaired) electrons. The lowest BCUT2D eigenvalue weighted by Crippen LogP contribution is -2.40. The number of hydrogen-bond acceptors (Lipinski definition) is 4. The summed E-state index contributed by atoms with van der Waals surface area (Å²) in [4.78, 5) is 22.2. The number of aromatic amines is 1. The number of carbonyl (C=O) groups excluding carboxylic acids is 1. The van der Waals surface area contributed by atoms with Crippen LogP contribution in [0.2, 0.25) is 0 Å². The molecule has 1 aliphatic rings.